The second kappa shape index (κ2) is 8.14. The van der Waals surface area contributed by atoms with Crippen molar-refractivity contribution >= 4 is 5.69 Å². The Kier molecular flexibility index (Phi) is 5.24. The minimum atomic E-state index is -0.224. The van der Waals surface area contributed by atoms with Crippen LogP contribution in [-0.4, -0.2) is 27.3 Å². The number of hydrogen-bond donors (Lipinski definition) is 1. The summed E-state index contributed by atoms with van der Waals surface area (Å²) in [5, 5.41) is 16.3. The first kappa shape index (κ1) is 18.7. The molecule has 0 bridgehead atoms. The molecule has 0 aliphatic heterocycles. The van der Waals surface area contributed by atoms with E-state index in [1.807, 2.05) is 53.2 Å². The highest BCUT2D eigenvalue weighted by atomic mass is 16.5. The number of tetrazole rings is 1. The zero-order valence-corrected chi connectivity index (χ0v) is 16.7. The van der Waals surface area contributed by atoms with Gasteiger partial charge in [0.05, 0.1) is 12.8 Å². The SMILES string of the molecule is COc1ccc(N[C@@H](c2ccccc2)c2nnnn2-c2c(C)cccc2C)cc1. The third kappa shape index (κ3) is 3.82. The van der Waals surface area contributed by atoms with Gasteiger partial charge in [-0.15, -0.1) is 5.10 Å². The molecule has 6 heteroatoms. The highest BCUT2D eigenvalue weighted by Crippen LogP contribution is 2.29. The number of benzene rings is 3. The Morgan fingerprint density at radius 1 is 0.862 bits per heavy atom. The first-order valence-corrected chi connectivity index (χ1v) is 9.48. The van der Waals surface area contributed by atoms with Gasteiger partial charge in [-0.05, 0) is 65.2 Å². The van der Waals surface area contributed by atoms with E-state index < -0.39 is 0 Å². The molecule has 0 saturated carbocycles. The molecule has 29 heavy (non-hydrogen) atoms. The highest BCUT2D eigenvalue weighted by molar-refractivity contribution is 5.52. The lowest BCUT2D eigenvalue weighted by Crippen LogP contribution is -2.19. The number of para-hydroxylation sites is 1. The van der Waals surface area contributed by atoms with Crippen LogP contribution in [0.5, 0.6) is 5.75 Å². The summed E-state index contributed by atoms with van der Waals surface area (Å²) in [4.78, 5) is 0. The molecule has 0 amide bonds. The van der Waals surface area contributed by atoms with Gasteiger partial charge >= 0.3 is 0 Å². The Morgan fingerprint density at radius 3 is 2.21 bits per heavy atom. The molecule has 4 rings (SSSR count). The molecule has 1 atom stereocenters. The lowest BCUT2D eigenvalue weighted by atomic mass is 10.0. The maximum Gasteiger partial charge on any atom is 0.183 e. The summed E-state index contributed by atoms with van der Waals surface area (Å²) in [7, 11) is 1.66. The molecule has 0 aliphatic rings. The third-order valence-electron chi connectivity index (χ3n) is 4.94. The van der Waals surface area contributed by atoms with E-state index in [1.54, 1.807) is 7.11 Å². The number of nitrogens with one attached hydrogen (secondary N) is 1. The molecule has 4 aromatic rings. The highest BCUT2D eigenvalue weighted by Gasteiger charge is 2.23. The number of rotatable bonds is 6. The van der Waals surface area contributed by atoms with Gasteiger partial charge in [0.2, 0.25) is 0 Å². The fraction of sp³-hybridized carbons (Fsp3) is 0.174. The number of aryl methyl sites for hydroxylation is 2. The molecule has 0 radical (unpaired) electrons. The Balaban J connectivity index is 1.80. The molecule has 1 N–H and O–H groups in total. The smallest absolute Gasteiger partial charge is 0.183 e. The molecule has 0 saturated heterocycles. The topological polar surface area (TPSA) is 64.9 Å². The molecular formula is C23H23N5O. The quantitative estimate of drug-likeness (QED) is 0.530. The number of ether oxygens (including phenoxy) is 1. The summed E-state index contributed by atoms with van der Waals surface area (Å²) in [6.07, 6.45) is 0. The van der Waals surface area contributed by atoms with Crippen molar-refractivity contribution in [2.24, 2.45) is 0 Å². The van der Waals surface area contributed by atoms with E-state index in [2.05, 4.69) is 59.0 Å². The monoisotopic (exact) mass is 385 g/mol. The Bertz CT molecular complexity index is 1070. The first-order valence-electron chi connectivity index (χ1n) is 9.48. The molecule has 3 aromatic carbocycles. The first-order chi connectivity index (χ1) is 14.2. The molecule has 146 valence electrons. The Morgan fingerprint density at radius 2 is 1.55 bits per heavy atom. The maximum absolute atomic E-state index is 5.27. The standard InChI is InChI=1S/C23H23N5O/c1-16-8-7-9-17(2)22(16)28-23(25-26-27-28)21(18-10-5-4-6-11-18)24-19-12-14-20(29-3)15-13-19/h4-15,21,24H,1-3H3/t21-/m0/s1. The van der Waals surface area contributed by atoms with Crippen molar-refractivity contribution in [1.29, 1.82) is 0 Å². The normalized spacial score (nSPS) is 11.8. The molecule has 0 fully saturated rings. The van der Waals surface area contributed by atoms with Crippen molar-refractivity contribution < 1.29 is 4.74 Å². The number of nitrogens with zero attached hydrogens (tertiary/aromatic N) is 4. The van der Waals surface area contributed by atoms with Crippen molar-refractivity contribution in [1.82, 2.24) is 20.2 Å². The van der Waals surface area contributed by atoms with Crippen LogP contribution in [0, 0.1) is 13.8 Å². The van der Waals surface area contributed by atoms with E-state index in [-0.39, 0.29) is 6.04 Å². The lowest BCUT2D eigenvalue weighted by molar-refractivity contribution is 0.415. The second-order valence-electron chi connectivity index (χ2n) is 6.91. The van der Waals surface area contributed by atoms with E-state index in [1.165, 1.54) is 0 Å². The van der Waals surface area contributed by atoms with Crippen molar-refractivity contribution in [3.8, 4) is 11.4 Å². The van der Waals surface area contributed by atoms with Crippen LogP contribution < -0.4 is 10.1 Å². The summed E-state index contributed by atoms with van der Waals surface area (Å²) < 4.78 is 7.10. The fourth-order valence-corrected chi connectivity index (χ4v) is 3.47. The minimum absolute atomic E-state index is 0.224. The van der Waals surface area contributed by atoms with Gasteiger partial charge in [-0.2, -0.15) is 4.68 Å². The van der Waals surface area contributed by atoms with Gasteiger partial charge < -0.3 is 10.1 Å². The van der Waals surface area contributed by atoms with Crippen LogP contribution in [0.3, 0.4) is 0 Å². The lowest BCUT2D eigenvalue weighted by Gasteiger charge is -2.21. The average molecular weight is 385 g/mol. The minimum Gasteiger partial charge on any atom is -0.497 e. The zero-order chi connectivity index (χ0) is 20.2. The molecule has 0 unspecified atom stereocenters. The van der Waals surface area contributed by atoms with Crippen LogP contribution in [0.15, 0.2) is 72.8 Å². The number of anilines is 1. The number of hydrogen-bond acceptors (Lipinski definition) is 5. The molecular weight excluding hydrogens is 362 g/mol. The second-order valence-corrected chi connectivity index (χ2v) is 6.91. The maximum atomic E-state index is 5.27. The zero-order valence-electron chi connectivity index (χ0n) is 16.7. The Labute approximate surface area is 170 Å². The van der Waals surface area contributed by atoms with E-state index >= 15 is 0 Å². The molecule has 1 aromatic heterocycles. The van der Waals surface area contributed by atoms with Crippen molar-refractivity contribution in [3.63, 3.8) is 0 Å². The number of methoxy groups -OCH3 is 1. The molecule has 0 spiro atoms. The fourth-order valence-electron chi connectivity index (χ4n) is 3.47. The van der Waals surface area contributed by atoms with E-state index in [9.17, 15) is 0 Å². The van der Waals surface area contributed by atoms with Crippen LogP contribution in [0.4, 0.5) is 5.69 Å². The van der Waals surface area contributed by atoms with Gasteiger partial charge in [0.1, 0.15) is 11.8 Å². The van der Waals surface area contributed by atoms with Crippen LogP contribution in [0.1, 0.15) is 28.6 Å². The van der Waals surface area contributed by atoms with Gasteiger partial charge in [-0.25, -0.2) is 0 Å². The van der Waals surface area contributed by atoms with E-state index in [0.717, 1.165) is 39.6 Å². The summed E-state index contributed by atoms with van der Waals surface area (Å²) in [6.45, 7) is 4.14. The largest absolute Gasteiger partial charge is 0.497 e. The molecule has 0 aliphatic carbocycles. The van der Waals surface area contributed by atoms with Crippen molar-refractivity contribution in [2.75, 3.05) is 12.4 Å². The predicted octanol–water partition coefficient (Wildman–Crippen LogP) is 4.49. The molecule has 6 nitrogen and oxygen atoms in total. The van der Waals surface area contributed by atoms with Crippen LogP contribution in [0.25, 0.3) is 5.69 Å². The van der Waals surface area contributed by atoms with Crippen LogP contribution in [-0.2, 0) is 0 Å². The van der Waals surface area contributed by atoms with E-state index in [0.29, 0.717) is 0 Å². The van der Waals surface area contributed by atoms with Gasteiger partial charge in [-0.1, -0.05) is 48.5 Å². The summed E-state index contributed by atoms with van der Waals surface area (Å²) in [5.41, 5.74) is 5.27. The van der Waals surface area contributed by atoms with Crippen LogP contribution in [0.2, 0.25) is 0 Å². The summed E-state index contributed by atoms with van der Waals surface area (Å²) in [5.74, 6) is 1.54. The van der Waals surface area contributed by atoms with Gasteiger partial charge in [0.25, 0.3) is 0 Å². The number of aromatic nitrogens is 4. The van der Waals surface area contributed by atoms with Gasteiger partial charge in [0.15, 0.2) is 5.82 Å². The van der Waals surface area contributed by atoms with Crippen molar-refractivity contribution in [3.05, 3.63) is 95.3 Å². The summed E-state index contributed by atoms with van der Waals surface area (Å²) in [6, 6.07) is 24.0. The van der Waals surface area contributed by atoms with Crippen molar-refractivity contribution in [2.45, 2.75) is 19.9 Å². The predicted molar refractivity (Wildman–Crippen MR) is 114 cm³/mol. The van der Waals surface area contributed by atoms with Crippen LogP contribution >= 0.6 is 0 Å². The van der Waals surface area contributed by atoms with Gasteiger partial charge in [-0.3, -0.25) is 0 Å². The summed E-state index contributed by atoms with van der Waals surface area (Å²) >= 11 is 0. The molecule has 1 heterocycles. The third-order valence-corrected chi connectivity index (χ3v) is 4.94. The van der Waals surface area contributed by atoms with E-state index in [4.69, 9.17) is 4.74 Å². The van der Waals surface area contributed by atoms with Gasteiger partial charge in [0, 0.05) is 5.69 Å². The Hall–Kier alpha value is -3.67. The average Bonchev–Trinajstić information content (AvgIpc) is 3.22.